The first-order valence-electron chi connectivity index (χ1n) is 7.01. The van der Waals surface area contributed by atoms with Crippen LogP contribution in [0.15, 0.2) is 24.3 Å². The Morgan fingerprint density at radius 2 is 1.95 bits per heavy atom. The van der Waals surface area contributed by atoms with Gasteiger partial charge in [0.1, 0.15) is 11.9 Å². The Morgan fingerprint density at radius 1 is 1.27 bits per heavy atom. The molecule has 2 aliphatic heterocycles. The number of carbonyl (C=O) groups excluding carboxylic acids is 1. The summed E-state index contributed by atoms with van der Waals surface area (Å²) in [5.41, 5.74) is 0.913. The van der Waals surface area contributed by atoms with Crippen LogP contribution in [0, 0.1) is 5.82 Å². The van der Waals surface area contributed by atoms with E-state index in [1.54, 1.807) is 17.0 Å². The van der Waals surface area contributed by atoms with Crippen LogP contribution >= 0.6 is 0 Å². The minimum absolute atomic E-state index is 0.211. The summed E-state index contributed by atoms with van der Waals surface area (Å²) < 4.78 is 42.6. The number of ether oxygens (including phenoxy) is 1. The molecule has 0 saturated carbocycles. The second-order valence-electron chi connectivity index (χ2n) is 5.64. The van der Waals surface area contributed by atoms with E-state index in [-0.39, 0.29) is 24.9 Å². The average Bonchev–Trinajstić information content (AvgIpc) is 2.96. The molecule has 0 N–H and O–H groups in total. The SMILES string of the molecule is CS(=O)(=O)N1C[C@H]2OC(=O)N(CCc3ccc(F)cc3)[C@H]2C1. The lowest BCUT2D eigenvalue weighted by Crippen LogP contribution is -2.40. The summed E-state index contributed by atoms with van der Waals surface area (Å²) in [6.07, 6.45) is 0.900. The van der Waals surface area contributed by atoms with E-state index in [0.717, 1.165) is 11.8 Å². The molecule has 1 aromatic carbocycles. The number of sulfonamides is 1. The molecule has 0 aromatic heterocycles. The molecule has 3 rings (SSSR count). The maximum absolute atomic E-state index is 12.9. The van der Waals surface area contributed by atoms with Gasteiger partial charge in [-0.25, -0.2) is 17.6 Å². The fourth-order valence-corrected chi connectivity index (χ4v) is 3.74. The average molecular weight is 328 g/mol. The van der Waals surface area contributed by atoms with Gasteiger partial charge < -0.3 is 4.74 Å². The van der Waals surface area contributed by atoms with E-state index in [9.17, 15) is 17.6 Å². The lowest BCUT2D eigenvalue weighted by atomic mass is 10.1. The number of hydrogen-bond donors (Lipinski definition) is 0. The number of halogens is 1. The summed E-state index contributed by atoms with van der Waals surface area (Å²) in [5, 5.41) is 0. The smallest absolute Gasteiger partial charge is 0.410 e. The van der Waals surface area contributed by atoms with Crippen LogP contribution in [0.4, 0.5) is 9.18 Å². The molecule has 0 radical (unpaired) electrons. The normalized spacial score (nSPS) is 25.4. The number of benzene rings is 1. The first kappa shape index (κ1) is 15.2. The summed E-state index contributed by atoms with van der Waals surface area (Å²) in [6, 6.07) is 5.85. The molecule has 2 heterocycles. The highest BCUT2D eigenvalue weighted by molar-refractivity contribution is 7.88. The molecule has 6 nitrogen and oxygen atoms in total. The number of hydrogen-bond acceptors (Lipinski definition) is 4. The van der Waals surface area contributed by atoms with Crippen LogP contribution in [-0.4, -0.2) is 61.8 Å². The number of fused-ring (bicyclic) bond motifs is 1. The molecule has 0 aliphatic carbocycles. The van der Waals surface area contributed by atoms with Crippen molar-refractivity contribution in [1.29, 1.82) is 0 Å². The van der Waals surface area contributed by atoms with Gasteiger partial charge in [0.05, 0.1) is 18.8 Å². The standard InChI is InChI=1S/C14H17FN2O4S/c1-22(19,20)16-8-12-13(9-16)21-14(18)17(12)7-6-10-2-4-11(15)5-3-10/h2-5,12-13H,6-9H2,1H3/t12-,13+/m0/s1. The molecule has 2 saturated heterocycles. The minimum atomic E-state index is -3.28. The summed E-state index contributed by atoms with van der Waals surface area (Å²) in [4.78, 5) is 13.5. The van der Waals surface area contributed by atoms with Crippen LogP contribution in [0.2, 0.25) is 0 Å². The van der Waals surface area contributed by atoms with Gasteiger partial charge in [0, 0.05) is 13.1 Å². The van der Waals surface area contributed by atoms with Crippen molar-refractivity contribution in [1.82, 2.24) is 9.21 Å². The lowest BCUT2D eigenvalue weighted by Gasteiger charge is -2.21. The van der Waals surface area contributed by atoms with Crippen molar-refractivity contribution in [3.63, 3.8) is 0 Å². The zero-order chi connectivity index (χ0) is 15.9. The van der Waals surface area contributed by atoms with Gasteiger partial charge in [-0.15, -0.1) is 0 Å². The molecule has 0 unspecified atom stereocenters. The fourth-order valence-electron chi connectivity index (χ4n) is 2.90. The Hall–Kier alpha value is -1.67. The van der Waals surface area contributed by atoms with Crippen LogP contribution in [0.3, 0.4) is 0 Å². The third kappa shape index (κ3) is 2.93. The number of nitrogens with zero attached hydrogens (tertiary/aromatic N) is 2. The zero-order valence-electron chi connectivity index (χ0n) is 12.1. The summed E-state index contributed by atoms with van der Waals surface area (Å²) in [7, 11) is -3.28. The van der Waals surface area contributed by atoms with Crippen LogP contribution in [0.25, 0.3) is 0 Å². The fraction of sp³-hybridized carbons (Fsp3) is 0.500. The first-order valence-corrected chi connectivity index (χ1v) is 8.86. The molecule has 0 bridgehead atoms. The van der Waals surface area contributed by atoms with Gasteiger partial charge in [-0.2, -0.15) is 4.31 Å². The second kappa shape index (κ2) is 5.51. The molecule has 8 heteroatoms. The van der Waals surface area contributed by atoms with Gasteiger partial charge in [0.25, 0.3) is 0 Å². The second-order valence-corrected chi connectivity index (χ2v) is 7.62. The Labute approximate surface area is 128 Å². The van der Waals surface area contributed by atoms with Crippen molar-refractivity contribution in [3.05, 3.63) is 35.6 Å². The van der Waals surface area contributed by atoms with E-state index in [0.29, 0.717) is 13.0 Å². The zero-order valence-corrected chi connectivity index (χ0v) is 12.9. The largest absolute Gasteiger partial charge is 0.442 e. The maximum atomic E-state index is 12.9. The highest BCUT2D eigenvalue weighted by Crippen LogP contribution is 2.28. The molecule has 120 valence electrons. The van der Waals surface area contributed by atoms with E-state index in [2.05, 4.69) is 0 Å². The predicted molar refractivity (Wildman–Crippen MR) is 77.3 cm³/mol. The van der Waals surface area contributed by atoms with Crippen LogP contribution < -0.4 is 0 Å². The van der Waals surface area contributed by atoms with E-state index in [1.165, 1.54) is 16.4 Å². The lowest BCUT2D eigenvalue weighted by molar-refractivity contribution is 0.129. The van der Waals surface area contributed by atoms with Gasteiger partial charge in [0.2, 0.25) is 10.0 Å². The van der Waals surface area contributed by atoms with Gasteiger partial charge in [-0.3, -0.25) is 4.90 Å². The number of amides is 1. The Kier molecular flexibility index (Phi) is 3.82. The van der Waals surface area contributed by atoms with Crippen LogP contribution in [0.5, 0.6) is 0 Å². The highest BCUT2D eigenvalue weighted by atomic mass is 32.2. The van der Waals surface area contributed by atoms with Crippen molar-refractivity contribution >= 4 is 16.1 Å². The van der Waals surface area contributed by atoms with Crippen molar-refractivity contribution < 1.29 is 22.3 Å². The quantitative estimate of drug-likeness (QED) is 0.821. The third-order valence-corrected chi connectivity index (χ3v) is 5.35. The topological polar surface area (TPSA) is 66.9 Å². The molecule has 1 aromatic rings. The summed E-state index contributed by atoms with van der Waals surface area (Å²) in [6.45, 7) is 0.893. The Balaban J connectivity index is 1.66. The monoisotopic (exact) mass is 328 g/mol. The molecule has 22 heavy (non-hydrogen) atoms. The van der Waals surface area contributed by atoms with E-state index in [4.69, 9.17) is 4.74 Å². The minimum Gasteiger partial charge on any atom is -0.442 e. The van der Waals surface area contributed by atoms with Gasteiger partial charge >= 0.3 is 6.09 Å². The van der Waals surface area contributed by atoms with Crippen molar-refractivity contribution in [2.24, 2.45) is 0 Å². The van der Waals surface area contributed by atoms with Crippen molar-refractivity contribution in [2.75, 3.05) is 25.9 Å². The van der Waals surface area contributed by atoms with E-state index in [1.807, 2.05) is 0 Å². The Bertz CT molecular complexity index is 677. The molecule has 2 atom stereocenters. The van der Waals surface area contributed by atoms with Gasteiger partial charge in [-0.1, -0.05) is 12.1 Å². The molecule has 2 aliphatic rings. The highest BCUT2D eigenvalue weighted by Gasteiger charge is 2.49. The first-order chi connectivity index (χ1) is 10.3. The van der Waals surface area contributed by atoms with Crippen LogP contribution in [0.1, 0.15) is 5.56 Å². The third-order valence-electron chi connectivity index (χ3n) is 4.11. The van der Waals surface area contributed by atoms with Gasteiger partial charge in [0.15, 0.2) is 0 Å². The van der Waals surface area contributed by atoms with E-state index < -0.39 is 22.2 Å². The molecular formula is C14H17FN2O4S. The summed E-state index contributed by atoms with van der Waals surface area (Å²) in [5.74, 6) is -0.302. The maximum Gasteiger partial charge on any atom is 0.410 e. The predicted octanol–water partition coefficient (Wildman–Crippen LogP) is 0.833. The Morgan fingerprint density at radius 3 is 2.59 bits per heavy atom. The molecular weight excluding hydrogens is 311 g/mol. The van der Waals surface area contributed by atoms with Crippen LogP contribution in [-0.2, 0) is 21.2 Å². The molecule has 0 spiro atoms. The van der Waals surface area contributed by atoms with Crippen molar-refractivity contribution in [2.45, 2.75) is 18.6 Å². The number of rotatable bonds is 4. The molecule has 2 fully saturated rings. The number of carbonyl (C=O) groups is 1. The van der Waals surface area contributed by atoms with Crippen molar-refractivity contribution in [3.8, 4) is 0 Å². The molecule has 1 amide bonds. The summed E-state index contributed by atoms with van der Waals surface area (Å²) >= 11 is 0. The van der Waals surface area contributed by atoms with Gasteiger partial charge in [-0.05, 0) is 24.1 Å². The van der Waals surface area contributed by atoms with E-state index >= 15 is 0 Å².